The van der Waals surface area contributed by atoms with Crippen molar-refractivity contribution in [3.05, 3.63) is 67.7 Å². The fraction of sp³-hybridized carbons (Fsp3) is 0.381. The highest BCUT2D eigenvalue weighted by Crippen LogP contribution is 2.48. The summed E-state index contributed by atoms with van der Waals surface area (Å²) in [5, 5.41) is 27.5. The maximum Gasteiger partial charge on any atom is 0.334 e. The highest BCUT2D eigenvalue weighted by Gasteiger charge is 2.36. The number of carbonyl (C=O) groups is 1. The Hall–Kier alpha value is -2.67. The molecule has 2 heterocycles. The van der Waals surface area contributed by atoms with Crippen molar-refractivity contribution >= 4 is 28.0 Å². The zero-order valence-corrected chi connectivity index (χ0v) is 16.4. The fourth-order valence-corrected chi connectivity index (χ4v) is 5.60. The number of fused-ring (bicyclic) bond motifs is 1. The molecule has 0 radical (unpaired) electrons. The molecule has 0 amide bonds. The number of anilines is 1. The Morgan fingerprint density at radius 1 is 1.36 bits per heavy atom. The predicted molar refractivity (Wildman–Crippen MR) is 109 cm³/mol. The van der Waals surface area contributed by atoms with Crippen molar-refractivity contribution in [3.63, 3.8) is 0 Å². The zero-order valence-electron chi connectivity index (χ0n) is 15.6. The molecule has 1 unspecified atom stereocenters. The van der Waals surface area contributed by atoms with E-state index in [-0.39, 0.29) is 11.3 Å². The molecule has 2 N–H and O–H groups in total. The molecule has 1 aromatic carbocycles. The normalized spacial score (nSPS) is 19.4. The SMILES string of the molecule is CC1=C(C(=O)O)C(c2cccc([N+](=O)[O-])c2)c2c(CC3CCCC3)csc2N1. The summed E-state index contributed by atoms with van der Waals surface area (Å²) < 4.78 is 0. The first-order valence-electron chi connectivity index (χ1n) is 9.51. The van der Waals surface area contributed by atoms with Crippen LogP contribution in [0.4, 0.5) is 10.7 Å². The van der Waals surface area contributed by atoms with E-state index in [0.29, 0.717) is 17.2 Å². The van der Waals surface area contributed by atoms with Gasteiger partial charge in [-0.1, -0.05) is 37.8 Å². The van der Waals surface area contributed by atoms with E-state index in [0.717, 1.165) is 17.0 Å². The zero-order chi connectivity index (χ0) is 19.8. The van der Waals surface area contributed by atoms with E-state index >= 15 is 0 Å². The maximum absolute atomic E-state index is 12.1. The molecule has 0 spiro atoms. The minimum absolute atomic E-state index is 0.0208. The van der Waals surface area contributed by atoms with E-state index in [1.165, 1.54) is 43.4 Å². The van der Waals surface area contributed by atoms with Gasteiger partial charge in [0.1, 0.15) is 0 Å². The summed E-state index contributed by atoms with van der Waals surface area (Å²) in [6, 6.07) is 6.37. The highest BCUT2D eigenvalue weighted by molar-refractivity contribution is 7.14. The molecule has 1 atom stereocenters. The van der Waals surface area contributed by atoms with Crippen LogP contribution in [0.5, 0.6) is 0 Å². The first-order valence-corrected chi connectivity index (χ1v) is 10.4. The monoisotopic (exact) mass is 398 g/mol. The number of nitro benzene ring substituents is 1. The summed E-state index contributed by atoms with van der Waals surface area (Å²) in [5.41, 5.74) is 3.62. The molecule has 1 aliphatic carbocycles. The average Bonchev–Trinajstić information content (AvgIpc) is 3.31. The molecule has 6 nitrogen and oxygen atoms in total. The van der Waals surface area contributed by atoms with Crippen molar-refractivity contribution < 1.29 is 14.8 Å². The van der Waals surface area contributed by atoms with Crippen LogP contribution in [0, 0.1) is 16.0 Å². The van der Waals surface area contributed by atoms with Crippen LogP contribution in [-0.4, -0.2) is 16.0 Å². The number of allylic oxidation sites excluding steroid dienone is 1. The van der Waals surface area contributed by atoms with Gasteiger partial charge in [0.2, 0.25) is 0 Å². The van der Waals surface area contributed by atoms with Crippen molar-refractivity contribution in [2.45, 2.75) is 44.9 Å². The molecule has 1 aliphatic heterocycles. The number of aliphatic carboxylic acids is 1. The van der Waals surface area contributed by atoms with Gasteiger partial charge in [-0.2, -0.15) is 0 Å². The van der Waals surface area contributed by atoms with E-state index in [9.17, 15) is 20.0 Å². The number of nitro groups is 1. The smallest absolute Gasteiger partial charge is 0.334 e. The van der Waals surface area contributed by atoms with Crippen molar-refractivity contribution in [2.24, 2.45) is 5.92 Å². The Balaban J connectivity index is 1.84. The number of hydrogen-bond donors (Lipinski definition) is 2. The number of benzene rings is 1. The Kier molecular flexibility index (Phi) is 4.93. The minimum Gasteiger partial charge on any atom is -0.478 e. The van der Waals surface area contributed by atoms with Crippen molar-refractivity contribution in [1.82, 2.24) is 0 Å². The van der Waals surface area contributed by atoms with Crippen LogP contribution in [0.15, 0.2) is 40.9 Å². The molecule has 0 bridgehead atoms. The number of hydrogen-bond acceptors (Lipinski definition) is 5. The highest BCUT2D eigenvalue weighted by atomic mass is 32.1. The average molecular weight is 398 g/mol. The first-order chi connectivity index (χ1) is 13.5. The van der Waals surface area contributed by atoms with E-state index in [1.807, 2.05) is 0 Å². The Morgan fingerprint density at radius 2 is 2.11 bits per heavy atom. The van der Waals surface area contributed by atoms with Gasteiger partial charge in [0, 0.05) is 29.3 Å². The predicted octanol–water partition coefficient (Wildman–Crippen LogP) is 5.31. The lowest BCUT2D eigenvalue weighted by Gasteiger charge is -2.28. The molecule has 2 aromatic rings. The number of nitrogens with zero attached hydrogens (tertiary/aromatic N) is 1. The second-order valence-corrected chi connectivity index (χ2v) is 8.49. The molecule has 0 saturated heterocycles. The van der Waals surface area contributed by atoms with Crippen LogP contribution in [0.2, 0.25) is 0 Å². The molecule has 28 heavy (non-hydrogen) atoms. The second kappa shape index (κ2) is 7.39. The van der Waals surface area contributed by atoms with Crippen molar-refractivity contribution in [3.8, 4) is 0 Å². The van der Waals surface area contributed by atoms with Gasteiger partial charge < -0.3 is 10.4 Å². The summed E-state index contributed by atoms with van der Waals surface area (Å²) >= 11 is 1.59. The molecule has 4 rings (SSSR count). The number of carboxylic acids is 1. The standard InChI is InChI=1S/C21H22N2O4S/c1-12-17(21(24)25)18(14-7-4-8-16(10-14)23(26)27)19-15(11-28-20(19)22-12)9-13-5-2-3-6-13/h4,7-8,10-11,13,18,22H,2-3,5-6,9H2,1H3,(H,24,25). The van der Waals surface area contributed by atoms with Gasteiger partial charge in [-0.25, -0.2) is 4.79 Å². The third kappa shape index (κ3) is 3.30. The Morgan fingerprint density at radius 3 is 2.79 bits per heavy atom. The van der Waals surface area contributed by atoms with Crippen LogP contribution >= 0.6 is 11.3 Å². The van der Waals surface area contributed by atoms with E-state index in [4.69, 9.17) is 0 Å². The third-order valence-corrected chi connectivity index (χ3v) is 6.78. The number of non-ortho nitro benzene ring substituents is 1. The van der Waals surface area contributed by atoms with E-state index < -0.39 is 16.8 Å². The first kappa shape index (κ1) is 18.7. The van der Waals surface area contributed by atoms with Crippen LogP contribution in [0.1, 0.15) is 55.2 Å². The molecule has 146 valence electrons. The quantitative estimate of drug-likeness (QED) is 0.526. The lowest BCUT2D eigenvalue weighted by molar-refractivity contribution is -0.384. The van der Waals surface area contributed by atoms with Crippen LogP contribution in [0.25, 0.3) is 0 Å². The van der Waals surface area contributed by atoms with Gasteiger partial charge >= 0.3 is 5.97 Å². The summed E-state index contributed by atoms with van der Waals surface area (Å²) in [7, 11) is 0. The molecule has 1 saturated carbocycles. The molecule has 1 fully saturated rings. The minimum atomic E-state index is -0.995. The van der Waals surface area contributed by atoms with Crippen LogP contribution in [-0.2, 0) is 11.2 Å². The maximum atomic E-state index is 12.1. The largest absolute Gasteiger partial charge is 0.478 e. The van der Waals surface area contributed by atoms with Gasteiger partial charge in [-0.3, -0.25) is 10.1 Å². The molecular formula is C21H22N2O4S. The third-order valence-electron chi connectivity index (χ3n) is 5.82. The van der Waals surface area contributed by atoms with Crippen molar-refractivity contribution in [2.75, 3.05) is 5.32 Å². The number of nitrogens with one attached hydrogen (secondary N) is 1. The summed E-state index contributed by atoms with van der Waals surface area (Å²) in [5.74, 6) is -0.869. The van der Waals surface area contributed by atoms with Crippen molar-refractivity contribution in [1.29, 1.82) is 0 Å². The van der Waals surface area contributed by atoms with Crippen LogP contribution in [0.3, 0.4) is 0 Å². The van der Waals surface area contributed by atoms with Gasteiger partial charge in [0.05, 0.1) is 15.5 Å². The number of thiophene rings is 1. The molecule has 7 heteroatoms. The second-order valence-electron chi connectivity index (χ2n) is 7.61. The van der Waals surface area contributed by atoms with Gasteiger partial charge in [-0.05, 0) is 35.8 Å². The van der Waals surface area contributed by atoms with Gasteiger partial charge in [0.15, 0.2) is 0 Å². The Labute approximate surface area is 167 Å². The lowest BCUT2D eigenvalue weighted by atomic mass is 9.79. The molecular weight excluding hydrogens is 376 g/mol. The molecule has 1 aromatic heterocycles. The summed E-state index contributed by atoms with van der Waals surface area (Å²) in [4.78, 5) is 23.0. The number of carboxylic acid groups (broad SMARTS) is 1. The van der Waals surface area contributed by atoms with Crippen LogP contribution < -0.4 is 5.32 Å². The number of rotatable bonds is 5. The lowest BCUT2D eigenvalue weighted by Crippen LogP contribution is -2.23. The molecule has 2 aliphatic rings. The van der Waals surface area contributed by atoms with E-state index in [2.05, 4.69) is 10.7 Å². The summed E-state index contributed by atoms with van der Waals surface area (Å²) in [6.07, 6.45) is 5.86. The van der Waals surface area contributed by atoms with Gasteiger partial charge in [0.25, 0.3) is 5.69 Å². The Bertz CT molecular complexity index is 973. The summed E-state index contributed by atoms with van der Waals surface area (Å²) in [6.45, 7) is 1.76. The van der Waals surface area contributed by atoms with Gasteiger partial charge in [-0.15, -0.1) is 11.3 Å². The van der Waals surface area contributed by atoms with E-state index in [1.54, 1.807) is 30.4 Å². The fourth-order valence-electron chi connectivity index (χ4n) is 4.53. The topological polar surface area (TPSA) is 92.5 Å².